The first kappa shape index (κ1) is 4.97. The number of carbonyl (C=O) groups excluding carboxylic acids is 2. The van der Waals surface area contributed by atoms with Gasteiger partial charge in [0, 0.05) is 0 Å². The first-order valence-electron chi connectivity index (χ1n) is 3.03. The lowest BCUT2D eigenvalue weighted by Gasteiger charge is -2.36. The third-order valence-electron chi connectivity index (χ3n) is 2.01. The zero-order valence-corrected chi connectivity index (χ0v) is 4.79. The van der Waals surface area contributed by atoms with Crippen LogP contribution in [0.15, 0.2) is 0 Å². The van der Waals surface area contributed by atoms with E-state index in [-0.39, 0.29) is 23.8 Å². The molecule has 2 aliphatic heterocycles. The number of hydrogen-bond acceptors (Lipinski definition) is 3. The highest BCUT2D eigenvalue weighted by atomic mass is 16.6. The topological polar surface area (TPSA) is 43.4 Å². The maximum Gasteiger partial charge on any atom is 0.316 e. The van der Waals surface area contributed by atoms with E-state index in [1.54, 1.807) is 0 Å². The monoisotopic (exact) mass is 126 g/mol. The van der Waals surface area contributed by atoms with E-state index in [1.807, 2.05) is 0 Å². The molecule has 0 radical (unpaired) electrons. The van der Waals surface area contributed by atoms with Crippen LogP contribution in [-0.2, 0) is 14.3 Å². The Morgan fingerprint density at radius 1 is 1.11 bits per heavy atom. The van der Waals surface area contributed by atoms with Crippen LogP contribution in [0.1, 0.15) is 12.8 Å². The summed E-state index contributed by atoms with van der Waals surface area (Å²) < 4.78 is 4.37. The van der Waals surface area contributed by atoms with Gasteiger partial charge in [-0.05, 0) is 12.8 Å². The molecule has 48 valence electrons. The standard InChI is InChI=1S/C6H6O3/c7-5-3-1-4(2-3)6(8)9-5/h3-4H,1-2H2. The van der Waals surface area contributed by atoms with Gasteiger partial charge in [-0.2, -0.15) is 0 Å². The van der Waals surface area contributed by atoms with Crippen LogP contribution in [0.25, 0.3) is 0 Å². The molecule has 0 N–H and O–H groups in total. The van der Waals surface area contributed by atoms with Crippen molar-refractivity contribution in [2.24, 2.45) is 11.8 Å². The van der Waals surface area contributed by atoms with E-state index in [4.69, 9.17) is 0 Å². The SMILES string of the molecule is O=C1OC(=O)C2CC1C2. The minimum atomic E-state index is -0.317. The predicted octanol–water partition coefficient (Wildman–Crippen LogP) is 0.0960. The highest BCUT2D eigenvalue weighted by Gasteiger charge is 2.47. The van der Waals surface area contributed by atoms with Crippen molar-refractivity contribution < 1.29 is 14.3 Å². The van der Waals surface area contributed by atoms with Crippen LogP contribution in [0, 0.1) is 11.8 Å². The first-order chi connectivity index (χ1) is 4.27. The van der Waals surface area contributed by atoms with Crippen molar-refractivity contribution in [3.8, 4) is 0 Å². The number of esters is 2. The van der Waals surface area contributed by atoms with Crippen LogP contribution in [0.4, 0.5) is 0 Å². The van der Waals surface area contributed by atoms with Gasteiger partial charge in [0.15, 0.2) is 0 Å². The van der Waals surface area contributed by atoms with Gasteiger partial charge in [-0.3, -0.25) is 9.59 Å². The number of hydrogen-bond donors (Lipinski definition) is 0. The highest BCUT2D eigenvalue weighted by molar-refractivity contribution is 5.94. The molecule has 3 aliphatic rings. The Bertz CT molecular complexity index is 161. The fourth-order valence-corrected chi connectivity index (χ4v) is 1.27. The Labute approximate surface area is 52.0 Å². The second-order valence-electron chi connectivity index (χ2n) is 2.61. The largest absolute Gasteiger partial charge is 0.393 e. The van der Waals surface area contributed by atoms with Crippen molar-refractivity contribution in [1.29, 1.82) is 0 Å². The zero-order chi connectivity index (χ0) is 6.43. The van der Waals surface area contributed by atoms with E-state index in [1.165, 1.54) is 0 Å². The van der Waals surface area contributed by atoms with Gasteiger partial charge in [0.2, 0.25) is 0 Å². The Morgan fingerprint density at radius 3 is 1.78 bits per heavy atom. The molecular formula is C6H6O3. The summed E-state index contributed by atoms with van der Waals surface area (Å²) in [5, 5.41) is 0. The molecule has 2 bridgehead atoms. The fourth-order valence-electron chi connectivity index (χ4n) is 1.27. The minimum Gasteiger partial charge on any atom is -0.393 e. The molecule has 0 aromatic heterocycles. The average molecular weight is 126 g/mol. The van der Waals surface area contributed by atoms with E-state index in [0.717, 1.165) is 12.8 Å². The van der Waals surface area contributed by atoms with Crippen LogP contribution in [0.3, 0.4) is 0 Å². The van der Waals surface area contributed by atoms with Crippen LogP contribution in [0.5, 0.6) is 0 Å². The molecule has 0 atom stereocenters. The summed E-state index contributed by atoms with van der Waals surface area (Å²) in [6.07, 6.45) is 1.47. The van der Waals surface area contributed by atoms with Crippen molar-refractivity contribution in [3.05, 3.63) is 0 Å². The Kier molecular flexibility index (Phi) is 0.743. The molecule has 0 spiro atoms. The lowest BCUT2D eigenvalue weighted by Crippen LogP contribution is -2.44. The third kappa shape index (κ3) is 0.515. The van der Waals surface area contributed by atoms with Gasteiger partial charge in [-0.1, -0.05) is 0 Å². The number of ether oxygens (including phenoxy) is 1. The van der Waals surface area contributed by atoms with Gasteiger partial charge in [-0.25, -0.2) is 0 Å². The third-order valence-corrected chi connectivity index (χ3v) is 2.01. The molecule has 2 saturated heterocycles. The van der Waals surface area contributed by atoms with Crippen molar-refractivity contribution >= 4 is 11.9 Å². The van der Waals surface area contributed by atoms with Crippen molar-refractivity contribution in [2.75, 3.05) is 0 Å². The number of carbonyl (C=O) groups is 2. The maximum absolute atomic E-state index is 10.6. The van der Waals surface area contributed by atoms with Gasteiger partial charge >= 0.3 is 11.9 Å². The van der Waals surface area contributed by atoms with Crippen LogP contribution < -0.4 is 0 Å². The molecule has 2 heterocycles. The molecule has 1 aliphatic carbocycles. The Hall–Kier alpha value is -0.860. The van der Waals surface area contributed by atoms with E-state index in [0.29, 0.717) is 0 Å². The molecule has 3 heteroatoms. The summed E-state index contributed by atoms with van der Waals surface area (Å²) in [6, 6.07) is 0. The fraction of sp³-hybridized carbons (Fsp3) is 0.667. The lowest BCUT2D eigenvalue weighted by molar-refractivity contribution is -0.182. The quantitative estimate of drug-likeness (QED) is 0.341. The summed E-state index contributed by atoms with van der Waals surface area (Å²) in [5.41, 5.74) is 0. The average Bonchev–Trinajstić information content (AvgIpc) is 1.57. The van der Waals surface area contributed by atoms with Crippen molar-refractivity contribution in [2.45, 2.75) is 12.8 Å². The molecule has 0 unspecified atom stereocenters. The second-order valence-corrected chi connectivity index (χ2v) is 2.61. The summed E-state index contributed by atoms with van der Waals surface area (Å²) in [5.74, 6) is -0.537. The van der Waals surface area contributed by atoms with Gasteiger partial charge in [0.25, 0.3) is 0 Å². The molecule has 1 saturated carbocycles. The van der Waals surface area contributed by atoms with Crippen molar-refractivity contribution in [1.82, 2.24) is 0 Å². The first-order valence-corrected chi connectivity index (χ1v) is 3.03. The van der Waals surface area contributed by atoms with Gasteiger partial charge in [0.1, 0.15) is 0 Å². The molecule has 0 aromatic carbocycles. The van der Waals surface area contributed by atoms with E-state index in [2.05, 4.69) is 4.74 Å². The molecular weight excluding hydrogens is 120 g/mol. The van der Waals surface area contributed by atoms with Gasteiger partial charge < -0.3 is 4.74 Å². The molecule has 0 aromatic rings. The molecule has 3 fully saturated rings. The van der Waals surface area contributed by atoms with Crippen LogP contribution >= 0.6 is 0 Å². The molecule has 3 rings (SSSR count). The zero-order valence-electron chi connectivity index (χ0n) is 4.79. The summed E-state index contributed by atoms with van der Waals surface area (Å²) in [7, 11) is 0. The smallest absolute Gasteiger partial charge is 0.316 e. The summed E-state index contributed by atoms with van der Waals surface area (Å²) >= 11 is 0. The number of rotatable bonds is 0. The van der Waals surface area contributed by atoms with Gasteiger partial charge in [0.05, 0.1) is 11.8 Å². The predicted molar refractivity (Wildman–Crippen MR) is 27.3 cm³/mol. The lowest BCUT2D eigenvalue weighted by atomic mass is 9.73. The Balaban J connectivity index is 2.21. The number of fused-ring (bicyclic) bond motifs is 2. The Morgan fingerprint density at radius 2 is 1.56 bits per heavy atom. The summed E-state index contributed by atoms with van der Waals surface area (Å²) in [4.78, 5) is 21.2. The summed E-state index contributed by atoms with van der Waals surface area (Å²) in [6.45, 7) is 0. The van der Waals surface area contributed by atoms with Crippen LogP contribution in [-0.4, -0.2) is 11.9 Å². The van der Waals surface area contributed by atoms with Gasteiger partial charge in [-0.15, -0.1) is 0 Å². The van der Waals surface area contributed by atoms with Crippen molar-refractivity contribution in [3.63, 3.8) is 0 Å². The normalized spacial score (nSPS) is 39.6. The van der Waals surface area contributed by atoms with E-state index in [9.17, 15) is 9.59 Å². The maximum atomic E-state index is 10.6. The highest BCUT2D eigenvalue weighted by Crippen LogP contribution is 2.39. The minimum absolute atomic E-state index is 0.0488. The van der Waals surface area contributed by atoms with Crippen LogP contribution in [0.2, 0.25) is 0 Å². The van der Waals surface area contributed by atoms with E-state index >= 15 is 0 Å². The van der Waals surface area contributed by atoms with E-state index < -0.39 is 0 Å². The molecule has 0 amide bonds. The second kappa shape index (κ2) is 1.35. The molecule has 9 heavy (non-hydrogen) atoms. The molecule has 3 nitrogen and oxygen atoms in total.